The number of nitrogens with zero attached hydrogens (tertiary/aromatic N) is 2. The maximum Gasteiger partial charge on any atom is 0.123 e. The minimum atomic E-state index is -0.204. The second-order valence-electron chi connectivity index (χ2n) is 5.60. The van der Waals surface area contributed by atoms with E-state index in [1.165, 1.54) is 12.1 Å². The smallest absolute Gasteiger partial charge is 0.123 e. The van der Waals surface area contributed by atoms with Crippen LogP contribution in [0.4, 0.5) is 4.39 Å². The monoisotopic (exact) mass is 275 g/mol. The van der Waals surface area contributed by atoms with Crippen molar-refractivity contribution in [2.24, 2.45) is 7.05 Å². The van der Waals surface area contributed by atoms with Crippen LogP contribution in [-0.2, 0) is 12.5 Å². The number of nitrogens with one attached hydrogen (secondary N) is 1. The molecule has 0 saturated carbocycles. The first-order chi connectivity index (χ1) is 9.46. The SMILES string of the molecule is CCNC(c1ccnn1C)C(C)(C)c1ccc(F)cc1. The minimum Gasteiger partial charge on any atom is -0.308 e. The molecule has 0 aliphatic heterocycles. The molecule has 4 heteroatoms. The van der Waals surface area contributed by atoms with Crippen molar-refractivity contribution in [3.8, 4) is 0 Å². The van der Waals surface area contributed by atoms with E-state index in [0.29, 0.717) is 0 Å². The quantitative estimate of drug-likeness (QED) is 0.908. The molecule has 1 heterocycles. The Kier molecular flexibility index (Phi) is 4.23. The molecule has 2 rings (SSSR count). The zero-order valence-corrected chi connectivity index (χ0v) is 12.5. The van der Waals surface area contributed by atoms with Gasteiger partial charge in [-0.25, -0.2) is 4.39 Å². The van der Waals surface area contributed by atoms with E-state index in [1.807, 2.05) is 29.9 Å². The first kappa shape index (κ1) is 14.7. The molecule has 0 spiro atoms. The number of halogens is 1. The summed E-state index contributed by atoms with van der Waals surface area (Å²) in [6, 6.07) is 8.89. The van der Waals surface area contributed by atoms with Crippen LogP contribution in [0.5, 0.6) is 0 Å². The Hall–Kier alpha value is -1.68. The Morgan fingerprint density at radius 2 is 1.90 bits per heavy atom. The number of hydrogen-bond donors (Lipinski definition) is 1. The second kappa shape index (κ2) is 5.75. The maximum absolute atomic E-state index is 13.1. The van der Waals surface area contributed by atoms with Crippen LogP contribution in [0.2, 0.25) is 0 Å². The highest BCUT2D eigenvalue weighted by Gasteiger charge is 2.33. The number of benzene rings is 1. The summed E-state index contributed by atoms with van der Waals surface area (Å²) < 4.78 is 15.0. The highest BCUT2D eigenvalue weighted by atomic mass is 19.1. The molecule has 20 heavy (non-hydrogen) atoms. The molecule has 1 aromatic heterocycles. The van der Waals surface area contributed by atoms with E-state index in [4.69, 9.17) is 0 Å². The second-order valence-corrected chi connectivity index (χ2v) is 5.60. The van der Waals surface area contributed by atoms with Crippen molar-refractivity contribution in [1.29, 1.82) is 0 Å². The lowest BCUT2D eigenvalue weighted by atomic mass is 9.76. The average molecular weight is 275 g/mol. The lowest BCUT2D eigenvalue weighted by Crippen LogP contribution is -2.38. The third kappa shape index (κ3) is 2.75. The van der Waals surface area contributed by atoms with Crippen LogP contribution >= 0.6 is 0 Å². The molecule has 0 amide bonds. The highest BCUT2D eigenvalue weighted by molar-refractivity contribution is 5.29. The molecule has 1 N–H and O–H groups in total. The van der Waals surface area contributed by atoms with E-state index in [9.17, 15) is 4.39 Å². The molecular weight excluding hydrogens is 253 g/mol. The molecule has 0 aliphatic carbocycles. The summed E-state index contributed by atoms with van der Waals surface area (Å²) in [6.07, 6.45) is 1.81. The maximum atomic E-state index is 13.1. The van der Waals surface area contributed by atoms with Gasteiger partial charge in [0.15, 0.2) is 0 Å². The number of aryl methyl sites for hydroxylation is 1. The lowest BCUT2D eigenvalue weighted by Gasteiger charge is -2.35. The van der Waals surface area contributed by atoms with Gasteiger partial charge in [-0.2, -0.15) is 5.10 Å². The van der Waals surface area contributed by atoms with Gasteiger partial charge in [0.2, 0.25) is 0 Å². The first-order valence-corrected chi connectivity index (χ1v) is 6.94. The van der Waals surface area contributed by atoms with Crippen LogP contribution in [0.1, 0.15) is 38.1 Å². The van der Waals surface area contributed by atoms with Gasteiger partial charge in [-0.1, -0.05) is 32.9 Å². The van der Waals surface area contributed by atoms with Crippen molar-refractivity contribution in [3.05, 3.63) is 53.6 Å². The van der Waals surface area contributed by atoms with Gasteiger partial charge in [0.25, 0.3) is 0 Å². The predicted octanol–water partition coefficient (Wildman–Crippen LogP) is 3.19. The van der Waals surface area contributed by atoms with E-state index in [0.717, 1.165) is 17.8 Å². The summed E-state index contributed by atoms with van der Waals surface area (Å²) in [5, 5.41) is 7.78. The van der Waals surface area contributed by atoms with Gasteiger partial charge in [0.1, 0.15) is 5.82 Å². The van der Waals surface area contributed by atoms with Crippen LogP contribution in [0.3, 0.4) is 0 Å². The molecule has 0 radical (unpaired) electrons. The standard InChI is InChI=1S/C16H22FN3/c1-5-18-15(14-10-11-19-20(14)4)16(2,3)12-6-8-13(17)9-7-12/h6-11,15,18H,5H2,1-4H3. The molecule has 0 bridgehead atoms. The van der Waals surface area contributed by atoms with Crippen molar-refractivity contribution >= 4 is 0 Å². The lowest BCUT2D eigenvalue weighted by molar-refractivity contribution is 0.337. The highest BCUT2D eigenvalue weighted by Crippen LogP contribution is 2.36. The molecule has 1 unspecified atom stereocenters. The van der Waals surface area contributed by atoms with Crippen LogP contribution in [0.15, 0.2) is 36.5 Å². The molecule has 0 saturated heterocycles. The molecule has 1 aromatic carbocycles. The van der Waals surface area contributed by atoms with Crippen molar-refractivity contribution < 1.29 is 4.39 Å². The molecule has 3 nitrogen and oxygen atoms in total. The van der Waals surface area contributed by atoms with Gasteiger partial charge in [-0.15, -0.1) is 0 Å². The van der Waals surface area contributed by atoms with Crippen molar-refractivity contribution in [3.63, 3.8) is 0 Å². The van der Waals surface area contributed by atoms with E-state index >= 15 is 0 Å². The van der Waals surface area contributed by atoms with E-state index in [2.05, 4.69) is 31.2 Å². The van der Waals surface area contributed by atoms with Crippen molar-refractivity contribution in [2.75, 3.05) is 6.54 Å². The largest absolute Gasteiger partial charge is 0.308 e. The van der Waals surface area contributed by atoms with Crippen LogP contribution in [0.25, 0.3) is 0 Å². The van der Waals surface area contributed by atoms with E-state index < -0.39 is 0 Å². The topological polar surface area (TPSA) is 29.9 Å². The molecule has 108 valence electrons. The number of rotatable bonds is 5. The van der Waals surface area contributed by atoms with Gasteiger partial charge >= 0.3 is 0 Å². The van der Waals surface area contributed by atoms with Crippen molar-refractivity contribution in [1.82, 2.24) is 15.1 Å². The zero-order valence-electron chi connectivity index (χ0n) is 12.5. The van der Waals surface area contributed by atoms with Gasteiger partial charge in [-0.05, 0) is 30.3 Å². The summed E-state index contributed by atoms with van der Waals surface area (Å²) in [5.41, 5.74) is 2.06. The normalized spacial score (nSPS) is 13.4. The fraction of sp³-hybridized carbons (Fsp3) is 0.438. The first-order valence-electron chi connectivity index (χ1n) is 6.94. The van der Waals surface area contributed by atoms with E-state index in [-0.39, 0.29) is 17.3 Å². The fourth-order valence-electron chi connectivity index (χ4n) is 2.65. The van der Waals surface area contributed by atoms with Crippen LogP contribution in [-0.4, -0.2) is 16.3 Å². The van der Waals surface area contributed by atoms with Crippen molar-refractivity contribution in [2.45, 2.75) is 32.2 Å². The molecule has 1 atom stereocenters. The van der Waals surface area contributed by atoms with E-state index in [1.54, 1.807) is 6.20 Å². The molecule has 0 fully saturated rings. The Bertz CT molecular complexity index is 557. The molecule has 2 aromatic rings. The minimum absolute atomic E-state index is 0.116. The van der Waals surface area contributed by atoms with Crippen LogP contribution in [0, 0.1) is 5.82 Å². The molecular formula is C16H22FN3. The summed E-state index contributed by atoms with van der Waals surface area (Å²) in [6.45, 7) is 7.28. The third-order valence-corrected chi connectivity index (χ3v) is 3.87. The Labute approximate surface area is 119 Å². The Balaban J connectivity index is 2.41. The third-order valence-electron chi connectivity index (χ3n) is 3.87. The summed E-state index contributed by atoms with van der Waals surface area (Å²) in [7, 11) is 1.94. The summed E-state index contributed by atoms with van der Waals surface area (Å²) >= 11 is 0. The molecule has 0 aliphatic rings. The number of hydrogen-bond acceptors (Lipinski definition) is 2. The fourth-order valence-corrected chi connectivity index (χ4v) is 2.65. The Morgan fingerprint density at radius 1 is 1.25 bits per heavy atom. The zero-order chi connectivity index (χ0) is 14.8. The number of likely N-dealkylation sites (N-methyl/N-ethyl adjacent to an activating group) is 1. The van der Waals surface area contributed by atoms with Crippen LogP contribution < -0.4 is 5.32 Å². The predicted molar refractivity (Wildman–Crippen MR) is 79.1 cm³/mol. The van der Waals surface area contributed by atoms with Gasteiger partial charge < -0.3 is 5.32 Å². The Morgan fingerprint density at radius 3 is 2.40 bits per heavy atom. The summed E-state index contributed by atoms with van der Waals surface area (Å²) in [5.74, 6) is -0.204. The van der Waals surface area contributed by atoms with Gasteiger partial charge in [-0.3, -0.25) is 4.68 Å². The summed E-state index contributed by atoms with van der Waals surface area (Å²) in [4.78, 5) is 0. The number of aromatic nitrogens is 2. The average Bonchev–Trinajstić information content (AvgIpc) is 2.82. The van der Waals surface area contributed by atoms with Gasteiger partial charge in [0.05, 0.1) is 11.7 Å². The van der Waals surface area contributed by atoms with Gasteiger partial charge in [0, 0.05) is 18.7 Å².